The molecule has 2 aromatic rings. The maximum atomic E-state index is 10.6. The summed E-state index contributed by atoms with van der Waals surface area (Å²) in [5.74, 6) is -2.76. The van der Waals surface area contributed by atoms with Gasteiger partial charge in [0.15, 0.2) is 0 Å². The number of hydrogen-bond donors (Lipinski definition) is 1. The molecule has 8 heteroatoms. The van der Waals surface area contributed by atoms with Gasteiger partial charge in [0.25, 0.3) is 0 Å². The van der Waals surface area contributed by atoms with Gasteiger partial charge in [-0.1, -0.05) is 6.07 Å². The van der Waals surface area contributed by atoms with Crippen molar-refractivity contribution in [2.24, 2.45) is 0 Å². The Bertz CT molecular complexity index is 679. The average Bonchev–Trinajstić information content (AvgIpc) is 2.97. The first-order valence-corrected chi connectivity index (χ1v) is 8.31. The summed E-state index contributed by atoms with van der Waals surface area (Å²) in [7, 11) is 2.20. The van der Waals surface area contributed by atoms with E-state index in [2.05, 4.69) is 46.5 Å². The number of carbonyl (C=O) groups is 1. The van der Waals surface area contributed by atoms with Gasteiger partial charge in [0.1, 0.15) is 0 Å². The fraction of sp³-hybridized carbons (Fsp3) is 0.438. The van der Waals surface area contributed by atoms with E-state index in [-0.39, 0.29) is 0 Å². The molecule has 0 radical (unpaired) electrons. The maximum Gasteiger partial charge on any atom is 0.490 e. The first-order chi connectivity index (χ1) is 11.3. The largest absolute Gasteiger partial charge is 0.490 e. The molecule has 0 unspecified atom stereocenters. The molecular formula is C16H19F3N2O2S. The number of carboxylic acids is 1. The quantitative estimate of drug-likeness (QED) is 0.893. The molecule has 3 rings (SSSR count). The molecule has 2 heterocycles. The molecule has 0 amide bonds. The zero-order chi connectivity index (χ0) is 17.7. The lowest BCUT2D eigenvalue weighted by Gasteiger charge is -2.32. The predicted molar refractivity (Wildman–Crippen MR) is 88.3 cm³/mol. The minimum atomic E-state index is -5.08. The first kappa shape index (κ1) is 18.7. The second kappa shape index (κ2) is 7.96. The molecular weight excluding hydrogens is 341 g/mol. The van der Waals surface area contributed by atoms with E-state index >= 15 is 0 Å². The van der Waals surface area contributed by atoms with E-state index in [4.69, 9.17) is 9.90 Å². The van der Waals surface area contributed by atoms with Crippen LogP contribution in [-0.2, 0) is 11.3 Å². The van der Waals surface area contributed by atoms with Crippen molar-refractivity contribution >= 4 is 27.4 Å². The molecule has 1 aliphatic rings. The number of nitrogens with zero attached hydrogens (tertiary/aromatic N) is 2. The summed E-state index contributed by atoms with van der Waals surface area (Å²) < 4.78 is 33.1. The van der Waals surface area contributed by atoms with Crippen molar-refractivity contribution in [3.8, 4) is 0 Å². The normalized spacial score (nSPS) is 16.7. The topological polar surface area (TPSA) is 43.8 Å². The molecule has 1 fully saturated rings. The number of halogens is 3. The monoisotopic (exact) mass is 360 g/mol. The summed E-state index contributed by atoms with van der Waals surface area (Å²) >= 11 is 1.82. The van der Waals surface area contributed by atoms with Gasteiger partial charge in [0, 0.05) is 37.4 Å². The molecule has 132 valence electrons. The Labute approximate surface area is 142 Å². The number of carboxylic acid groups (broad SMARTS) is 1. The Morgan fingerprint density at radius 2 is 1.83 bits per heavy atom. The van der Waals surface area contributed by atoms with Crippen molar-refractivity contribution in [3.63, 3.8) is 0 Å². The Morgan fingerprint density at radius 1 is 1.21 bits per heavy atom. The van der Waals surface area contributed by atoms with Gasteiger partial charge in [-0.2, -0.15) is 13.2 Å². The van der Waals surface area contributed by atoms with Crippen LogP contribution in [0.2, 0.25) is 0 Å². The van der Waals surface area contributed by atoms with Crippen LogP contribution in [0.4, 0.5) is 13.2 Å². The van der Waals surface area contributed by atoms with Crippen molar-refractivity contribution in [2.45, 2.75) is 12.7 Å². The van der Waals surface area contributed by atoms with E-state index in [0.29, 0.717) is 0 Å². The van der Waals surface area contributed by atoms with Gasteiger partial charge in [-0.15, -0.1) is 11.3 Å². The van der Waals surface area contributed by atoms with E-state index in [9.17, 15) is 13.2 Å². The van der Waals surface area contributed by atoms with Crippen LogP contribution in [0.25, 0.3) is 10.1 Å². The van der Waals surface area contributed by atoms with Crippen LogP contribution in [0.15, 0.2) is 29.6 Å². The molecule has 1 aromatic heterocycles. The number of aliphatic carboxylic acids is 1. The summed E-state index contributed by atoms with van der Waals surface area (Å²) in [6.07, 6.45) is -5.08. The fourth-order valence-electron chi connectivity index (χ4n) is 2.38. The summed E-state index contributed by atoms with van der Waals surface area (Å²) in [6.45, 7) is 5.87. The molecule has 0 saturated carbocycles. The van der Waals surface area contributed by atoms with E-state index in [1.165, 1.54) is 41.8 Å². The number of hydrogen-bond acceptors (Lipinski definition) is 4. The maximum absolute atomic E-state index is 10.6. The Balaban J connectivity index is 0.000000256. The molecule has 0 aliphatic carbocycles. The third-order valence-electron chi connectivity index (χ3n) is 3.76. The van der Waals surface area contributed by atoms with E-state index in [0.717, 1.165) is 6.54 Å². The van der Waals surface area contributed by atoms with Gasteiger partial charge < -0.3 is 10.0 Å². The fourth-order valence-corrected chi connectivity index (χ4v) is 3.15. The van der Waals surface area contributed by atoms with E-state index in [1.54, 1.807) is 0 Å². The van der Waals surface area contributed by atoms with Gasteiger partial charge >= 0.3 is 12.1 Å². The Kier molecular flexibility index (Phi) is 6.20. The smallest absolute Gasteiger partial charge is 0.475 e. The van der Waals surface area contributed by atoms with Crippen LogP contribution in [-0.4, -0.2) is 60.3 Å². The van der Waals surface area contributed by atoms with E-state index < -0.39 is 12.1 Å². The van der Waals surface area contributed by atoms with Crippen molar-refractivity contribution in [2.75, 3.05) is 33.2 Å². The second-order valence-corrected chi connectivity index (χ2v) is 6.62. The van der Waals surface area contributed by atoms with Crippen molar-refractivity contribution in [1.82, 2.24) is 9.80 Å². The summed E-state index contributed by atoms with van der Waals surface area (Å²) in [4.78, 5) is 13.8. The molecule has 1 aromatic carbocycles. The highest BCUT2D eigenvalue weighted by Crippen LogP contribution is 2.22. The highest BCUT2D eigenvalue weighted by Gasteiger charge is 2.38. The summed E-state index contributed by atoms with van der Waals surface area (Å²) in [5, 5.41) is 10.7. The standard InChI is InChI=1S/C14H18N2S.C2HF3O2/c1-15-5-7-16(8-6-15)11-12-2-3-14-13(10-12)4-9-17-14;3-2(4,5)1(6)7/h2-4,9-10H,5-8,11H2,1H3;(H,6,7). The SMILES string of the molecule is CN1CCN(Cc2ccc3sccc3c2)CC1.O=C(O)C(F)(F)F. The molecule has 1 N–H and O–H groups in total. The number of rotatable bonds is 2. The van der Waals surface area contributed by atoms with E-state index in [1.807, 2.05) is 11.3 Å². The van der Waals surface area contributed by atoms with Crippen molar-refractivity contribution in [1.29, 1.82) is 0 Å². The van der Waals surface area contributed by atoms with Crippen LogP contribution < -0.4 is 0 Å². The molecule has 24 heavy (non-hydrogen) atoms. The van der Waals surface area contributed by atoms with Gasteiger partial charge in [-0.3, -0.25) is 4.90 Å². The molecule has 4 nitrogen and oxygen atoms in total. The third-order valence-corrected chi connectivity index (χ3v) is 4.66. The highest BCUT2D eigenvalue weighted by molar-refractivity contribution is 7.17. The Morgan fingerprint density at radius 3 is 2.42 bits per heavy atom. The van der Waals surface area contributed by atoms with Crippen LogP contribution in [0.3, 0.4) is 0 Å². The minimum Gasteiger partial charge on any atom is -0.475 e. The Hall–Kier alpha value is -1.64. The zero-order valence-electron chi connectivity index (χ0n) is 13.2. The lowest BCUT2D eigenvalue weighted by atomic mass is 10.1. The van der Waals surface area contributed by atoms with Crippen molar-refractivity contribution < 1.29 is 23.1 Å². The summed E-state index contributed by atoms with van der Waals surface area (Å²) in [5.41, 5.74) is 1.44. The average molecular weight is 360 g/mol. The number of piperazine rings is 1. The van der Waals surface area contributed by atoms with Gasteiger partial charge in [-0.25, -0.2) is 4.79 Å². The number of likely N-dealkylation sites (N-methyl/N-ethyl adjacent to an activating group) is 1. The predicted octanol–water partition coefficient (Wildman–Crippen LogP) is 3.28. The molecule has 0 spiro atoms. The molecule has 0 atom stereocenters. The number of benzene rings is 1. The third kappa shape index (κ3) is 5.47. The number of alkyl halides is 3. The van der Waals surface area contributed by atoms with Crippen LogP contribution in [0.5, 0.6) is 0 Å². The lowest BCUT2D eigenvalue weighted by Crippen LogP contribution is -2.43. The minimum absolute atomic E-state index is 1.10. The molecule has 1 aliphatic heterocycles. The highest BCUT2D eigenvalue weighted by atomic mass is 32.1. The van der Waals surface area contributed by atoms with Crippen molar-refractivity contribution in [3.05, 3.63) is 35.2 Å². The van der Waals surface area contributed by atoms with Gasteiger partial charge in [0.05, 0.1) is 0 Å². The lowest BCUT2D eigenvalue weighted by molar-refractivity contribution is -0.192. The van der Waals surface area contributed by atoms with Gasteiger partial charge in [-0.05, 0) is 41.6 Å². The molecule has 1 saturated heterocycles. The van der Waals surface area contributed by atoms with Crippen LogP contribution in [0, 0.1) is 0 Å². The first-order valence-electron chi connectivity index (χ1n) is 7.43. The van der Waals surface area contributed by atoms with Crippen LogP contribution >= 0.6 is 11.3 Å². The van der Waals surface area contributed by atoms with Crippen LogP contribution in [0.1, 0.15) is 5.56 Å². The van der Waals surface area contributed by atoms with Gasteiger partial charge in [0.2, 0.25) is 0 Å². The second-order valence-electron chi connectivity index (χ2n) is 5.68. The number of fused-ring (bicyclic) bond motifs is 1. The summed E-state index contributed by atoms with van der Waals surface area (Å²) in [6, 6.07) is 9.08. The number of thiophene rings is 1. The zero-order valence-corrected chi connectivity index (χ0v) is 14.0. The molecule has 0 bridgehead atoms.